The molecule has 1 heterocycles. The van der Waals surface area contributed by atoms with Crippen LogP contribution in [0.15, 0.2) is 0 Å². The van der Waals surface area contributed by atoms with Gasteiger partial charge in [-0.15, -0.1) is 0 Å². The standard InChI is InChI=1S/C11H21NO/c1-9(2)11(13)5-3-4-10-6-7-12-8-10/h9-10,12H,3-8H2,1-2H3. The van der Waals surface area contributed by atoms with E-state index >= 15 is 0 Å². The molecule has 1 rings (SSSR count). The van der Waals surface area contributed by atoms with Crippen molar-refractivity contribution in [2.75, 3.05) is 13.1 Å². The maximum Gasteiger partial charge on any atom is 0.135 e. The van der Waals surface area contributed by atoms with Gasteiger partial charge in [-0.1, -0.05) is 13.8 Å². The van der Waals surface area contributed by atoms with Crippen LogP contribution in [0.2, 0.25) is 0 Å². The van der Waals surface area contributed by atoms with Crippen molar-refractivity contribution in [3.8, 4) is 0 Å². The van der Waals surface area contributed by atoms with E-state index in [2.05, 4.69) is 5.32 Å². The van der Waals surface area contributed by atoms with Gasteiger partial charge in [-0.2, -0.15) is 0 Å². The third-order valence-electron chi connectivity index (χ3n) is 2.84. The van der Waals surface area contributed by atoms with Gasteiger partial charge >= 0.3 is 0 Å². The summed E-state index contributed by atoms with van der Waals surface area (Å²) < 4.78 is 0. The lowest BCUT2D eigenvalue weighted by Gasteiger charge is -2.08. The second kappa shape index (κ2) is 5.38. The maximum absolute atomic E-state index is 11.3. The number of carbonyl (C=O) groups is 1. The highest BCUT2D eigenvalue weighted by molar-refractivity contribution is 5.80. The highest BCUT2D eigenvalue weighted by Crippen LogP contribution is 2.16. The Balaban J connectivity index is 2.03. The molecule has 1 aliphatic heterocycles. The Hall–Kier alpha value is -0.370. The van der Waals surface area contributed by atoms with E-state index in [9.17, 15) is 4.79 Å². The van der Waals surface area contributed by atoms with E-state index in [1.807, 2.05) is 13.8 Å². The molecule has 0 bridgehead atoms. The largest absolute Gasteiger partial charge is 0.316 e. The molecule has 76 valence electrons. The van der Waals surface area contributed by atoms with Crippen LogP contribution >= 0.6 is 0 Å². The van der Waals surface area contributed by atoms with Gasteiger partial charge in [0.15, 0.2) is 0 Å². The van der Waals surface area contributed by atoms with Gasteiger partial charge < -0.3 is 5.32 Å². The van der Waals surface area contributed by atoms with E-state index in [0.717, 1.165) is 25.3 Å². The van der Waals surface area contributed by atoms with E-state index in [1.54, 1.807) is 0 Å². The van der Waals surface area contributed by atoms with Gasteiger partial charge in [0.05, 0.1) is 0 Å². The first kappa shape index (κ1) is 10.7. The summed E-state index contributed by atoms with van der Waals surface area (Å²) in [6.45, 7) is 6.30. The molecule has 1 atom stereocenters. The lowest BCUT2D eigenvalue weighted by atomic mass is 9.97. The Labute approximate surface area is 81.1 Å². The van der Waals surface area contributed by atoms with E-state index in [0.29, 0.717) is 5.78 Å². The fourth-order valence-corrected chi connectivity index (χ4v) is 1.81. The van der Waals surface area contributed by atoms with Gasteiger partial charge in [-0.3, -0.25) is 4.79 Å². The van der Waals surface area contributed by atoms with E-state index in [1.165, 1.54) is 19.4 Å². The smallest absolute Gasteiger partial charge is 0.135 e. The van der Waals surface area contributed by atoms with Crippen LogP contribution in [0, 0.1) is 11.8 Å². The second-order valence-electron chi connectivity index (χ2n) is 4.37. The van der Waals surface area contributed by atoms with Crippen LogP contribution in [0.25, 0.3) is 0 Å². The summed E-state index contributed by atoms with van der Waals surface area (Å²) in [5.74, 6) is 1.48. The van der Waals surface area contributed by atoms with Crippen molar-refractivity contribution in [2.24, 2.45) is 11.8 Å². The Morgan fingerprint density at radius 1 is 1.54 bits per heavy atom. The summed E-state index contributed by atoms with van der Waals surface area (Å²) in [5, 5.41) is 3.35. The highest BCUT2D eigenvalue weighted by Gasteiger charge is 2.14. The minimum Gasteiger partial charge on any atom is -0.316 e. The van der Waals surface area contributed by atoms with E-state index < -0.39 is 0 Å². The average Bonchev–Trinajstić information content (AvgIpc) is 2.56. The molecule has 1 unspecified atom stereocenters. The molecule has 1 N–H and O–H groups in total. The van der Waals surface area contributed by atoms with Gasteiger partial charge in [0.25, 0.3) is 0 Å². The molecule has 1 saturated heterocycles. The van der Waals surface area contributed by atoms with Gasteiger partial charge in [-0.25, -0.2) is 0 Å². The topological polar surface area (TPSA) is 29.1 Å². The van der Waals surface area contributed by atoms with E-state index in [-0.39, 0.29) is 5.92 Å². The summed E-state index contributed by atoms with van der Waals surface area (Å²) >= 11 is 0. The number of ketones is 1. The monoisotopic (exact) mass is 183 g/mol. The molecule has 0 spiro atoms. The summed E-state index contributed by atoms with van der Waals surface area (Å²) in [5.41, 5.74) is 0. The number of hydrogen-bond donors (Lipinski definition) is 1. The predicted octanol–water partition coefficient (Wildman–Crippen LogP) is 1.99. The van der Waals surface area contributed by atoms with Crippen LogP contribution < -0.4 is 5.32 Å². The van der Waals surface area contributed by atoms with Crippen molar-refractivity contribution in [1.29, 1.82) is 0 Å². The first-order valence-corrected chi connectivity index (χ1v) is 5.43. The van der Waals surface area contributed by atoms with Crippen LogP contribution in [-0.4, -0.2) is 18.9 Å². The molecule has 1 aliphatic rings. The first-order chi connectivity index (χ1) is 6.20. The third kappa shape index (κ3) is 3.90. The summed E-state index contributed by atoms with van der Waals surface area (Å²) in [6.07, 6.45) is 4.40. The summed E-state index contributed by atoms with van der Waals surface area (Å²) in [4.78, 5) is 11.3. The molecule has 2 nitrogen and oxygen atoms in total. The van der Waals surface area contributed by atoms with Crippen LogP contribution in [0.5, 0.6) is 0 Å². The zero-order valence-corrected chi connectivity index (χ0v) is 8.81. The second-order valence-corrected chi connectivity index (χ2v) is 4.37. The Bertz CT molecular complexity index is 159. The van der Waals surface area contributed by atoms with Gasteiger partial charge in [0.1, 0.15) is 5.78 Å². The van der Waals surface area contributed by atoms with Gasteiger partial charge in [0, 0.05) is 12.3 Å². The molecule has 0 aromatic carbocycles. The number of Topliss-reactive ketones (excluding diaryl/α,β-unsaturated/α-hetero) is 1. The van der Waals surface area contributed by atoms with Gasteiger partial charge in [-0.05, 0) is 38.3 Å². The lowest BCUT2D eigenvalue weighted by Crippen LogP contribution is -2.10. The molecule has 0 radical (unpaired) electrons. The normalized spacial score (nSPS) is 22.5. The molecule has 2 heteroatoms. The fraction of sp³-hybridized carbons (Fsp3) is 0.909. The molecule has 0 saturated carbocycles. The molecule has 0 aliphatic carbocycles. The van der Waals surface area contributed by atoms with Crippen molar-refractivity contribution < 1.29 is 4.79 Å². The quantitative estimate of drug-likeness (QED) is 0.706. The van der Waals surface area contributed by atoms with Crippen molar-refractivity contribution in [1.82, 2.24) is 5.32 Å². The number of hydrogen-bond acceptors (Lipinski definition) is 2. The minimum absolute atomic E-state index is 0.224. The van der Waals surface area contributed by atoms with Crippen molar-refractivity contribution in [2.45, 2.75) is 39.5 Å². The molecule has 0 amide bonds. The lowest BCUT2D eigenvalue weighted by molar-refractivity contribution is -0.122. The number of nitrogens with one attached hydrogen (secondary N) is 1. The zero-order valence-electron chi connectivity index (χ0n) is 8.81. The SMILES string of the molecule is CC(C)C(=O)CCCC1CCNC1. The van der Waals surface area contributed by atoms with Crippen LogP contribution in [0.1, 0.15) is 39.5 Å². The zero-order chi connectivity index (χ0) is 9.68. The summed E-state index contributed by atoms with van der Waals surface area (Å²) in [7, 11) is 0. The Morgan fingerprint density at radius 2 is 2.31 bits per heavy atom. The van der Waals surface area contributed by atoms with Crippen LogP contribution in [0.3, 0.4) is 0 Å². The summed E-state index contributed by atoms with van der Waals surface area (Å²) in [6, 6.07) is 0. The van der Waals surface area contributed by atoms with Crippen molar-refractivity contribution in [3.63, 3.8) is 0 Å². The molecule has 0 aromatic rings. The molecule has 13 heavy (non-hydrogen) atoms. The van der Waals surface area contributed by atoms with E-state index in [4.69, 9.17) is 0 Å². The first-order valence-electron chi connectivity index (χ1n) is 5.43. The van der Waals surface area contributed by atoms with Gasteiger partial charge in [0.2, 0.25) is 0 Å². The van der Waals surface area contributed by atoms with Crippen LogP contribution in [-0.2, 0) is 4.79 Å². The predicted molar refractivity (Wildman–Crippen MR) is 54.7 cm³/mol. The van der Waals surface area contributed by atoms with Crippen molar-refractivity contribution >= 4 is 5.78 Å². The van der Waals surface area contributed by atoms with Crippen molar-refractivity contribution in [3.05, 3.63) is 0 Å². The average molecular weight is 183 g/mol. The highest BCUT2D eigenvalue weighted by atomic mass is 16.1. The fourth-order valence-electron chi connectivity index (χ4n) is 1.81. The Kier molecular flexibility index (Phi) is 4.43. The minimum atomic E-state index is 0.224. The number of rotatable bonds is 5. The Morgan fingerprint density at radius 3 is 2.85 bits per heavy atom. The molecule has 0 aromatic heterocycles. The maximum atomic E-state index is 11.3. The number of carbonyl (C=O) groups excluding carboxylic acids is 1. The molecular formula is C11H21NO. The third-order valence-corrected chi connectivity index (χ3v) is 2.84. The van der Waals surface area contributed by atoms with Crippen LogP contribution in [0.4, 0.5) is 0 Å². The molecule has 1 fully saturated rings. The molecular weight excluding hydrogens is 162 g/mol.